The Balaban J connectivity index is 1.94. The summed E-state index contributed by atoms with van der Waals surface area (Å²) in [5.41, 5.74) is 3.80. The smallest absolute Gasteiger partial charge is 0.0624 e. The second kappa shape index (κ2) is 5.23. The van der Waals surface area contributed by atoms with Gasteiger partial charge in [0, 0.05) is 42.7 Å². The van der Waals surface area contributed by atoms with Gasteiger partial charge in [-0.2, -0.15) is 5.10 Å². The summed E-state index contributed by atoms with van der Waals surface area (Å²) >= 11 is 6.41. The Hall–Kier alpha value is -1.32. The lowest BCUT2D eigenvalue weighted by Gasteiger charge is -2.43. The summed E-state index contributed by atoms with van der Waals surface area (Å²) in [5, 5.41) is 8.82. The highest BCUT2D eigenvalue weighted by molar-refractivity contribution is 6.31. The van der Waals surface area contributed by atoms with E-state index in [1.165, 1.54) is 11.3 Å². The first-order valence-electron chi connectivity index (χ1n) is 7.12. The van der Waals surface area contributed by atoms with E-state index < -0.39 is 0 Å². The van der Waals surface area contributed by atoms with Crippen LogP contribution in [0.2, 0.25) is 5.02 Å². The van der Waals surface area contributed by atoms with Crippen LogP contribution in [0.5, 0.6) is 0 Å². The van der Waals surface area contributed by atoms with E-state index in [2.05, 4.69) is 35.5 Å². The third kappa shape index (κ3) is 2.25. The monoisotopic (exact) mass is 289 g/mol. The summed E-state index contributed by atoms with van der Waals surface area (Å²) in [5.74, 6) is 0. The lowest BCUT2D eigenvalue weighted by atomic mass is 9.72. The van der Waals surface area contributed by atoms with Gasteiger partial charge in [0.15, 0.2) is 0 Å². The molecule has 1 aliphatic rings. The van der Waals surface area contributed by atoms with Gasteiger partial charge in [-0.3, -0.25) is 4.68 Å². The van der Waals surface area contributed by atoms with Gasteiger partial charge in [0.25, 0.3) is 0 Å². The lowest BCUT2D eigenvalue weighted by Crippen LogP contribution is -2.58. The molecule has 3 rings (SSSR count). The number of aryl methyl sites for hydroxylation is 2. The molecule has 1 aromatic heterocycles. The number of nitrogens with one attached hydrogen (secondary N) is 1. The van der Waals surface area contributed by atoms with Crippen LogP contribution in [0.3, 0.4) is 0 Å². The maximum atomic E-state index is 6.41. The molecule has 1 fully saturated rings. The maximum Gasteiger partial charge on any atom is 0.0624 e. The van der Waals surface area contributed by atoms with Crippen LogP contribution in [-0.2, 0) is 25.3 Å². The average Bonchev–Trinajstić information content (AvgIpc) is 2.75. The molecule has 0 radical (unpaired) electrons. The van der Waals surface area contributed by atoms with Gasteiger partial charge in [-0.25, -0.2) is 0 Å². The SMILES string of the molecule is CCc1cc(CC2(c3ccccc3Cl)CNC2)n(C)n1. The summed E-state index contributed by atoms with van der Waals surface area (Å²) in [6.07, 6.45) is 1.96. The molecule has 0 bridgehead atoms. The zero-order chi connectivity index (χ0) is 14.2. The Bertz CT molecular complexity index is 614. The van der Waals surface area contributed by atoms with E-state index in [9.17, 15) is 0 Å². The van der Waals surface area contributed by atoms with Gasteiger partial charge in [-0.15, -0.1) is 0 Å². The first kappa shape index (κ1) is 13.7. The van der Waals surface area contributed by atoms with Gasteiger partial charge < -0.3 is 5.32 Å². The number of nitrogens with zero attached hydrogens (tertiary/aromatic N) is 2. The highest BCUT2D eigenvalue weighted by atomic mass is 35.5. The van der Waals surface area contributed by atoms with E-state index in [4.69, 9.17) is 11.6 Å². The number of aromatic nitrogens is 2. The topological polar surface area (TPSA) is 29.9 Å². The van der Waals surface area contributed by atoms with Crippen molar-refractivity contribution in [3.05, 3.63) is 52.3 Å². The highest BCUT2D eigenvalue weighted by Gasteiger charge is 2.40. The molecule has 4 heteroatoms. The third-order valence-electron chi connectivity index (χ3n) is 4.28. The minimum absolute atomic E-state index is 0.108. The predicted octanol–water partition coefficient (Wildman–Crippen LogP) is 2.72. The summed E-state index contributed by atoms with van der Waals surface area (Å²) in [7, 11) is 2.03. The first-order chi connectivity index (χ1) is 9.64. The third-order valence-corrected chi connectivity index (χ3v) is 4.61. The fraction of sp³-hybridized carbons (Fsp3) is 0.438. The number of benzene rings is 1. The quantitative estimate of drug-likeness (QED) is 0.938. The van der Waals surface area contributed by atoms with Gasteiger partial charge in [0.1, 0.15) is 0 Å². The molecule has 1 aliphatic heterocycles. The van der Waals surface area contributed by atoms with Crippen molar-refractivity contribution in [1.82, 2.24) is 15.1 Å². The normalized spacial score (nSPS) is 16.9. The zero-order valence-corrected chi connectivity index (χ0v) is 12.7. The minimum Gasteiger partial charge on any atom is -0.315 e. The van der Waals surface area contributed by atoms with E-state index in [0.29, 0.717) is 0 Å². The van der Waals surface area contributed by atoms with E-state index in [0.717, 1.165) is 36.6 Å². The largest absolute Gasteiger partial charge is 0.315 e. The zero-order valence-electron chi connectivity index (χ0n) is 12.0. The molecule has 3 nitrogen and oxygen atoms in total. The Labute approximate surface area is 124 Å². The number of hydrogen-bond donors (Lipinski definition) is 1. The molecule has 1 saturated heterocycles. The Morgan fingerprint density at radius 1 is 1.35 bits per heavy atom. The molecule has 1 aromatic carbocycles. The van der Waals surface area contributed by atoms with Crippen LogP contribution in [0.15, 0.2) is 30.3 Å². The summed E-state index contributed by atoms with van der Waals surface area (Å²) < 4.78 is 2.01. The Kier molecular flexibility index (Phi) is 3.57. The number of hydrogen-bond acceptors (Lipinski definition) is 2. The standard InChI is InChI=1S/C16H20ClN3/c1-3-12-8-13(20(2)19-12)9-16(10-18-11-16)14-6-4-5-7-15(14)17/h4-8,18H,3,9-11H2,1-2H3. The fourth-order valence-electron chi connectivity index (χ4n) is 2.99. The van der Waals surface area contributed by atoms with Crippen molar-refractivity contribution in [2.75, 3.05) is 13.1 Å². The second-order valence-electron chi connectivity index (χ2n) is 5.64. The number of halogens is 1. The second-order valence-corrected chi connectivity index (χ2v) is 6.05. The molecule has 2 aromatic rings. The van der Waals surface area contributed by atoms with Crippen molar-refractivity contribution in [1.29, 1.82) is 0 Å². The van der Waals surface area contributed by atoms with Crippen LogP contribution in [0.4, 0.5) is 0 Å². The summed E-state index contributed by atoms with van der Waals surface area (Å²) in [4.78, 5) is 0. The molecule has 0 atom stereocenters. The van der Waals surface area contributed by atoms with Gasteiger partial charge in [-0.05, 0) is 24.1 Å². The Morgan fingerprint density at radius 2 is 2.10 bits per heavy atom. The van der Waals surface area contributed by atoms with E-state index in [-0.39, 0.29) is 5.41 Å². The van der Waals surface area contributed by atoms with Crippen molar-refractivity contribution in [2.45, 2.75) is 25.2 Å². The van der Waals surface area contributed by atoms with E-state index in [1.54, 1.807) is 0 Å². The predicted molar refractivity (Wildman–Crippen MR) is 82.3 cm³/mol. The van der Waals surface area contributed by atoms with Crippen molar-refractivity contribution >= 4 is 11.6 Å². The Morgan fingerprint density at radius 3 is 2.65 bits per heavy atom. The van der Waals surface area contributed by atoms with Crippen molar-refractivity contribution in [2.24, 2.45) is 7.05 Å². The first-order valence-corrected chi connectivity index (χ1v) is 7.50. The molecule has 20 heavy (non-hydrogen) atoms. The fourth-order valence-corrected chi connectivity index (χ4v) is 3.32. The summed E-state index contributed by atoms with van der Waals surface area (Å²) in [6.45, 7) is 4.09. The van der Waals surface area contributed by atoms with Gasteiger partial charge in [-0.1, -0.05) is 36.7 Å². The van der Waals surface area contributed by atoms with Crippen molar-refractivity contribution in [3.8, 4) is 0 Å². The van der Waals surface area contributed by atoms with Crippen LogP contribution < -0.4 is 5.32 Å². The minimum atomic E-state index is 0.108. The average molecular weight is 290 g/mol. The van der Waals surface area contributed by atoms with Crippen LogP contribution in [-0.4, -0.2) is 22.9 Å². The van der Waals surface area contributed by atoms with Crippen LogP contribution in [0.1, 0.15) is 23.9 Å². The molecular formula is C16H20ClN3. The maximum absolute atomic E-state index is 6.41. The van der Waals surface area contributed by atoms with Crippen molar-refractivity contribution in [3.63, 3.8) is 0 Å². The van der Waals surface area contributed by atoms with Crippen LogP contribution >= 0.6 is 11.6 Å². The molecular weight excluding hydrogens is 270 g/mol. The molecule has 0 amide bonds. The molecule has 106 valence electrons. The number of rotatable bonds is 4. The van der Waals surface area contributed by atoms with E-state index >= 15 is 0 Å². The molecule has 0 spiro atoms. The van der Waals surface area contributed by atoms with E-state index in [1.807, 2.05) is 23.9 Å². The van der Waals surface area contributed by atoms with Gasteiger partial charge in [0.05, 0.1) is 5.69 Å². The molecule has 0 unspecified atom stereocenters. The molecule has 0 aliphatic carbocycles. The lowest BCUT2D eigenvalue weighted by molar-refractivity contribution is 0.270. The van der Waals surface area contributed by atoms with Gasteiger partial charge in [0.2, 0.25) is 0 Å². The molecule has 0 saturated carbocycles. The van der Waals surface area contributed by atoms with Crippen LogP contribution in [0, 0.1) is 0 Å². The molecule has 1 N–H and O–H groups in total. The van der Waals surface area contributed by atoms with Crippen LogP contribution in [0.25, 0.3) is 0 Å². The highest BCUT2D eigenvalue weighted by Crippen LogP contribution is 2.36. The van der Waals surface area contributed by atoms with Crippen molar-refractivity contribution < 1.29 is 0 Å². The van der Waals surface area contributed by atoms with Gasteiger partial charge >= 0.3 is 0 Å². The summed E-state index contributed by atoms with van der Waals surface area (Å²) in [6, 6.07) is 10.4. The molecule has 2 heterocycles.